The predicted octanol–water partition coefficient (Wildman–Crippen LogP) is 2.14. The van der Waals surface area contributed by atoms with Crippen LogP contribution in [-0.4, -0.2) is 5.16 Å². The number of aryl methyl sites for hydroxylation is 1. The van der Waals surface area contributed by atoms with E-state index < -0.39 is 0 Å². The van der Waals surface area contributed by atoms with Crippen molar-refractivity contribution < 1.29 is 4.52 Å². The number of nitriles is 1. The van der Waals surface area contributed by atoms with Crippen molar-refractivity contribution >= 4 is 0 Å². The highest BCUT2D eigenvalue weighted by Gasteiger charge is 2.01. The summed E-state index contributed by atoms with van der Waals surface area (Å²) in [7, 11) is 0. The summed E-state index contributed by atoms with van der Waals surface area (Å²) in [5.74, 6) is 0.816. The molecule has 0 saturated heterocycles. The van der Waals surface area contributed by atoms with Gasteiger partial charge in [0.25, 0.3) is 0 Å². The molecule has 1 heterocycles. The maximum absolute atomic E-state index is 8.77. The van der Waals surface area contributed by atoms with Crippen molar-refractivity contribution in [3.63, 3.8) is 0 Å². The number of rotatable bonds is 4. The molecule has 0 saturated carbocycles. The Morgan fingerprint density at radius 3 is 2.88 bits per heavy atom. The van der Waals surface area contributed by atoms with Crippen molar-refractivity contribution in [3.05, 3.63) is 52.9 Å². The summed E-state index contributed by atoms with van der Waals surface area (Å²) in [4.78, 5) is 0. The summed E-state index contributed by atoms with van der Waals surface area (Å²) in [6, 6.07) is 9.66. The Hall–Kier alpha value is -2.12. The summed E-state index contributed by atoms with van der Waals surface area (Å²) in [6.07, 6.45) is 1.63. The summed E-state index contributed by atoms with van der Waals surface area (Å²) in [6.45, 7) is 3.41. The molecule has 1 aromatic heterocycles. The van der Waals surface area contributed by atoms with Gasteiger partial charge in [-0.15, -0.1) is 0 Å². The first-order chi connectivity index (χ1) is 8.29. The smallest absolute Gasteiger partial charge is 0.150 e. The van der Waals surface area contributed by atoms with Crippen molar-refractivity contribution in [3.8, 4) is 6.07 Å². The second-order valence-corrected chi connectivity index (χ2v) is 3.84. The monoisotopic (exact) mass is 227 g/mol. The molecule has 4 nitrogen and oxygen atoms in total. The molecule has 0 amide bonds. The zero-order valence-corrected chi connectivity index (χ0v) is 9.60. The van der Waals surface area contributed by atoms with E-state index >= 15 is 0 Å². The minimum Gasteiger partial charge on any atom is -0.360 e. The fourth-order valence-corrected chi connectivity index (χ4v) is 1.62. The average molecular weight is 227 g/mol. The topological polar surface area (TPSA) is 61.9 Å². The number of nitrogens with zero attached hydrogens (tertiary/aromatic N) is 2. The molecule has 2 rings (SSSR count). The Balaban J connectivity index is 1.93. The van der Waals surface area contributed by atoms with E-state index in [1.54, 1.807) is 6.20 Å². The molecule has 0 fully saturated rings. The van der Waals surface area contributed by atoms with E-state index in [9.17, 15) is 0 Å². The maximum atomic E-state index is 8.77. The van der Waals surface area contributed by atoms with Gasteiger partial charge in [-0.25, -0.2) is 0 Å². The third-order valence-electron chi connectivity index (χ3n) is 2.58. The minimum atomic E-state index is 0.652. The molecule has 0 atom stereocenters. The largest absolute Gasteiger partial charge is 0.360 e. The molecule has 4 heteroatoms. The Morgan fingerprint density at radius 1 is 1.35 bits per heavy atom. The molecule has 0 unspecified atom stereocenters. The van der Waals surface area contributed by atoms with Gasteiger partial charge in [0.2, 0.25) is 0 Å². The lowest BCUT2D eigenvalue weighted by atomic mass is 10.1. The summed E-state index contributed by atoms with van der Waals surface area (Å²) in [5.41, 5.74) is 3.00. The van der Waals surface area contributed by atoms with Gasteiger partial charge in [-0.1, -0.05) is 11.2 Å². The van der Waals surface area contributed by atoms with Gasteiger partial charge < -0.3 is 9.84 Å². The Kier molecular flexibility index (Phi) is 3.53. The highest BCUT2D eigenvalue weighted by atomic mass is 16.5. The van der Waals surface area contributed by atoms with Gasteiger partial charge in [0.15, 0.2) is 0 Å². The van der Waals surface area contributed by atoms with Crippen LogP contribution >= 0.6 is 0 Å². The number of benzene rings is 1. The molecule has 17 heavy (non-hydrogen) atoms. The van der Waals surface area contributed by atoms with Crippen LogP contribution in [0.1, 0.15) is 22.5 Å². The normalized spacial score (nSPS) is 10.1. The summed E-state index contributed by atoms with van der Waals surface area (Å²) >= 11 is 0. The summed E-state index contributed by atoms with van der Waals surface area (Å²) in [5, 5.41) is 15.7. The van der Waals surface area contributed by atoms with E-state index in [4.69, 9.17) is 9.78 Å². The number of nitrogens with one attached hydrogen (secondary N) is 1. The van der Waals surface area contributed by atoms with Crippen LogP contribution < -0.4 is 5.32 Å². The molecule has 0 aliphatic rings. The van der Waals surface area contributed by atoms with Crippen LogP contribution in [0, 0.1) is 18.3 Å². The standard InChI is InChI=1S/C13H13N3O/c1-10-6-11(7-14)2-3-12(10)8-15-9-13-4-5-16-17-13/h2-6,15H,8-9H2,1H3. The Morgan fingerprint density at radius 2 is 2.24 bits per heavy atom. The lowest BCUT2D eigenvalue weighted by Crippen LogP contribution is -2.13. The fourth-order valence-electron chi connectivity index (χ4n) is 1.62. The van der Waals surface area contributed by atoms with Crippen molar-refractivity contribution in [2.45, 2.75) is 20.0 Å². The first-order valence-corrected chi connectivity index (χ1v) is 5.39. The highest BCUT2D eigenvalue weighted by Crippen LogP contribution is 2.10. The van der Waals surface area contributed by atoms with Crippen LogP contribution in [0.25, 0.3) is 0 Å². The molecule has 0 spiro atoms. The van der Waals surface area contributed by atoms with Gasteiger partial charge >= 0.3 is 0 Å². The van der Waals surface area contributed by atoms with Crippen LogP contribution in [-0.2, 0) is 13.1 Å². The van der Waals surface area contributed by atoms with Gasteiger partial charge in [-0.05, 0) is 30.2 Å². The van der Waals surface area contributed by atoms with Crippen molar-refractivity contribution in [2.75, 3.05) is 0 Å². The van der Waals surface area contributed by atoms with Gasteiger partial charge in [0, 0.05) is 12.6 Å². The van der Waals surface area contributed by atoms with E-state index in [2.05, 4.69) is 16.5 Å². The highest BCUT2D eigenvalue weighted by molar-refractivity contribution is 5.37. The molecule has 2 aromatic rings. The minimum absolute atomic E-state index is 0.652. The molecular weight excluding hydrogens is 214 g/mol. The number of aromatic nitrogens is 1. The molecule has 1 aromatic carbocycles. The molecule has 0 aliphatic heterocycles. The second kappa shape index (κ2) is 5.28. The van der Waals surface area contributed by atoms with E-state index in [0.717, 1.165) is 17.9 Å². The van der Waals surface area contributed by atoms with Crippen LogP contribution in [0.2, 0.25) is 0 Å². The number of hydrogen-bond donors (Lipinski definition) is 1. The third kappa shape index (κ3) is 2.92. The van der Waals surface area contributed by atoms with Crippen LogP contribution in [0.15, 0.2) is 35.0 Å². The van der Waals surface area contributed by atoms with E-state index in [1.165, 1.54) is 5.56 Å². The Labute approximate surface area is 99.9 Å². The lowest BCUT2D eigenvalue weighted by molar-refractivity contribution is 0.372. The van der Waals surface area contributed by atoms with Crippen molar-refractivity contribution in [1.29, 1.82) is 5.26 Å². The summed E-state index contributed by atoms with van der Waals surface area (Å²) < 4.78 is 4.98. The first kappa shape index (κ1) is 11.4. The molecule has 0 radical (unpaired) electrons. The van der Waals surface area contributed by atoms with E-state index in [-0.39, 0.29) is 0 Å². The number of hydrogen-bond acceptors (Lipinski definition) is 4. The SMILES string of the molecule is Cc1cc(C#N)ccc1CNCc1ccno1. The quantitative estimate of drug-likeness (QED) is 0.869. The van der Waals surface area contributed by atoms with Crippen molar-refractivity contribution in [2.24, 2.45) is 0 Å². The lowest BCUT2D eigenvalue weighted by Gasteiger charge is -2.06. The zero-order valence-electron chi connectivity index (χ0n) is 9.60. The van der Waals surface area contributed by atoms with E-state index in [1.807, 2.05) is 31.2 Å². The first-order valence-electron chi connectivity index (χ1n) is 5.39. The third-order valence-corrected chi connectivity index (χ3v) is 2.58. The molecule has 0 bridgehead atoms. The maximum Gasteiger partial charge on any atom is 0.150 e. The van der Waals surface area contributed by atoms with Gasteiger partial charge in [-0.2, -0.15) is 5.26 Å². The van der Waals surface area contributed by atoms with Crippen LogP contribution in [0.4, 0.5) is 0 Å². The van der Waals surface area contributed by atoms with Gasteiger partial charge in [0.1, 0.15) is 5.76 Å². The van der Waals surface area contributed by atoms with Gasteiger partial charge in [-0.3, -0.25) is 0 Å². The fraction of sp³-hybridized carbons (Fsp3) is 0.231. The molecule has 1 N–H and O–H groups in total. The van der Waals surface area contributed by atoms with Crippen molar-refractivity contribution in [1.82, 2.24) is 10.5 Å². The van der Waals surface area contributed by atoms with E-state index in [0.29, 0.717) is 12.1 Å². The second-order valence-electron chi connectivity index (χ2n) is 3.84. The molecular formula is C13H13N3O. The van der Waals surface area contributed by atoms with Crippen LogP contribution in [0.3, 0.4) is 0 Å². The predicted molar refractivity (Wildman–Crippen MR) is 62.9 cm³/mol. The Bertz CT molecular complexity index is 526. The van der Waals surface area contributed by atoms with Crippen LogP contribution in [0.5, 0.6) is 0 Å². The van der Waals surface area contributed by atoms with Gasteiger partial charge in [0.05, 0.1) is 24.4 Å². The average Bonchev–Trinajstić information content (AvgIpc) is 2.84. The molecule has 86 valence electrons. The molecule has 0 aliphatic carbocycles. The zero-order chi connectivity index (χ0) is 12.1.